The summed E-state index contributed by atoms with van der Waals surface area (Å²) in [5.74, 6) is 0.0272. The highest BCUT2D eigenvalue weighted by Gasteiger charge is 2.37. The predicted molar refractivity (Wildman–Crippen MR) is 80.0 cm³/mol. The van der Waals surface area contributed by atoms with Crippen LogP contribution in [0.1, 0.15) is 72.5 Å². The fourth-order valence-corrected chi connectivity index (χ4v) is 4.60. The summed E-state index contributed by atoms with van der Waals surface area (Å²) < 4.78 is 4.85. The third kappa shape index (κ3) is 2.38. The maximum absolute atomic E-state index is 11.8. The molecule has 1 aliphatic carbocycles. The Morgan fingerprint density at radius 3 is 2.42 bits per heavy atom. The van der Waals surface area contributed by atoms with Crippen LogP contribution in [-0.2, 0) is 10.2 Å². The van der Waals surface area contributed by atoms with Crippen molar-refractivity contribution in [3.63, 3.8) is 0 Å². The number of nitrogens with two attached hydrogens (primary N) is 1. The van der Waals surface area contributed by atoms with Crippen LogP contribution in [0.2, 0.25) is 0 Å². The molecule has 3 nitrogen and oxygen atoms in total. The summed E-state index contributed by atoms with van der Waals surface area (Å²) in [4.78, 5) is 13.7. The van der Waals surface area contributed by atoms with E-state index in [9.17, 15) is 4.79 Å². The van der Waals surface area contributed by atoms with Crippen LogP contribution in [0, 0.1) is 0 Å². The minimum absolute atomic E-state index is 0.185. The van der Waals surface area contributed by atoms with Crippen molar-refractivity contribution >= 4 is 23.0 Å². The molecular weight excluding hydrogens is 258 g/mol. The molecule has 0 aliphatic heterocycles. The van der Waals surface area contributed by atoms with Gasteiger partial charge in [0, 0.05) is 10.3 Å². The van der Waals surface area contributed by atoms with E-state index >= 15 is 0 Å². The van der Waals surface area contributed by atoms with Crippen LogP contribution in [0.5, 0.6) is 0 Å². The molecule has 0 atom stereocenters. The van der Waals surface area contributed by atoms with Crippen LogP contribution in [0.25, 0.3) is 0 Å². The van der Waals surface area contributed by atoms with Gasteiger partial charge in [-0.1, -0.05) is 33.6 Å². The van der Waals surface area contributed by atoms with Gasteiger partial charge in [-0.25, -0.2) is 4.79 Å². The number of carbonyl (C=O) groups is 1. The van der Waals surface area contributed by atoms with Crippen molar-refractivity contribution in [3.05, 3.63) is 15.3 Å². The minimum Gasteiger partial charge on any atom is -0.465 e. The van der Waals surface area contributed by atoms with Crippen LogP contribution in [0.4, 0.5) is 5.69 Å². The lowest BCUT2D eigenvalue weighted by Gasteiger charge is -2.25. The number of anilines is 1. The molecule has 0 radical (unpaired) electrons. The molecule has 0 saturated heterocycles. The number of thiophene rings is 1. The van der Waals surface area contributed by atoms with Gasteiger partial charge in [0.15, 0.2) is 0 Å². The van der Waals surface area contributed by atoms with Crippen molar-refractivity contribution < 1.29 is 9.53 Å². The molecule has 106 valence electrons. The van der Waals surface area contributed by atoms with Gasteiger partial charge in [-0.05, 0) is 24.3 Å². The number of rotatable bonds is 3. The third-order valence-electron chi connectivity index (χ3n) is 4.19. The SMILES string of the molecule is COC(=O)c1sc(C2(C)CCCC2)c(C(C)C)c1N. The molecule has 0 amide bonds. The lowest BCUT2D eigenvalue weighted by Crippen LogP contribution is -2.17. The zero-order chi connectivity index (χ0) is 14.2. The summed E-state index contributed by atoms with van der Waals surface area (Å²) in [6, 6.07) is 0. The number of methoxy groups -OCH3 is 1. The topological polar surface area (TPSA) is 52.3 Å². The van der Waals surface area contributed by atoms with Crippen molar-refractivity contribution in [2.75, 3.05) is 12.8 Å². The van der Waals surface area contributed by atoms with E-state index in [0.29, 0.717) is 16.5 Å². The quantitative estimate of drug-likeness (QED) is 0.850. The van der Waals surface area contributed by atoms with E-state index in [0.717, 1.165) is 5.56 Å². The Balaban J connectivity index is 2.56. The zero-order valence-corrected chi connectivity index (χ0v) is 13.0. The first-order valence-corrected chi connectivity index (χ1v) is 7.73. The molecule has 0 unspecified atom stereocenters. The van der Waals surface area contributed by atoms with Gasteiger partial charge in [-0.15, -0.1) is 11.3 Å². The average Bonchev–Trinajstić information content (AvgIpc) is 2.93. The summed E-state index contributed by atoms with van der Waals surface area (Å²) in [6.45, 7) is 6.58. The Hall–Kier alpha value is -1.03. The van der Waals surface area contributed by atoms with Gasteiger partial charge >= 0.3 is 5.97 Å². The van der Waals surface area contributed by atoms with Crippen molar-refractivity contribution in [2.24, 2.45) is 0 Å². The molecule has 1 heterocycles. The van der Waals surface area contributed by atoms with Crippen LogP contribution < -0.4 is 5.73 Å². The smallest absolute Gasteiger partial charge is 0.350 e. The first kappa shape index (κ1) is 14.4. The van der Waals surface area contributed by atoms with E-state index in [1.54, 1.807) is 11.3 Å². The Kier molecular flexibility index (Phi) is 3.90. The molecule has 4 heteroatoms. The monoisotopic (exact) mass is 281 g/mol. The van der Waals surface area contributed by atoms with E-state index in [1.165, 1.54) is 37.7 Å². The second kappa shape index (κ2) is 5.16. The fraction of sp³-hybridized carbons (Fsp3) is 0.667. The molecule has 0 aromatic carbocycles. The average molecular weight is 281 g/mol. The summed E-state index contributed by atoms with van der Waals surface area (Å²) in [6.07, 6.45) is 4.90. The van der Waals surface area contributed by atoms with Gasteiger partial charge in [0.05, 0.1) is 12.8 Å². The number of carbonyl (C=O) groups excluding carboxylic acids is 1. The van der Waals surface area contributed by atoms with Gasteiger partial charge in [0.2, 0.25) is 0 Å². The lowest BCUT2D eigenvalue weighted by atomic mass is 9.82. The summed E-state index contributed by atoms with van der Waals surface area (Å²) in [5.41, 5.74) is 8.20. The first-order valence-electron chi connectivity index (χ1n) is 6.91. The molecule has 1 aliphatic rings. The largest absolute Gasteiger partial charge is 0.465 e. The lowest BCUT2D eigenvalue weighted by molar-refractivity contribution is 0.0607. The van der Waals surface area contributed by atoms with E-state index in [-0.39, 0.29) is 11.4 Å². The first-order chi connectivity index (χ1) is 8.90. The van der Waals surface area contributed by atoms with E-state index in [1.807, 2.05) is 0 Å². The Morgan fingerprint density at radius 2 is 1.95 bits per heavy atom. The Labute approximate surface area is 119 Å². The Morgan fingerprint density at radius 1 is 1.37 bits per heavy atom. The van der Waals surface area contributed by atoms with Gasteiger partial charge in [0.25, 0.3) is 0 Å². The number of esters is 1. The second-order valence-electron chi connectivity index (χ2n) is 6.00. The standard InChI is InChI=1S/C15H23NO2S/c1-9(2)10-11(16)12(14(17)18-4)19-13(10)15(3)7-5-6-8-15/h9H,5-8,16H2,1-4H3. The minimum atomic E-state index is -0.308. The molecule has 0 spiro atoms. The highest BCUT2D eigenvalue weighted by Crippen LogP contribution is 2.49. The maximum atomic E-state index is 11.8. The molecule has 19 heavy (non-hydrogen) atoms. The number of ether oxygens (including phenoxy) is 1. The number of hydrogen-bond donors (Lipinski definition) is 1. The Bertz CT molecular complexity index is 485. The van der Waals surface area contributed by atoms with Crippen LogP contribution in [0.15, 0.2) is 0 Å². The van der Waals surface area contributed by atoms with Crippen LogP contribution >= 0.6 is 11.3 Å². The van der Waals surface area contributed by atoms with E-state index < -0.39 is 0 Å². The normalized spacial score (nSPS) is 17.9. The van der Waals surface area contributed by atoms with Crippen molar-refractivity contribution in [2.45, 2.75) is 57.8 Å². The van der Waals surface area contributed by atoms with Gasteiger partial charge in [-0.2, -0.15) is 0 Å². The molecule has 1 saturated carbocycles. The zero-order valence-electron chi connectivity index (χ0n) is 12.2. The number of nitrogen functional groups attached to an aromatic ring is 1. The van der Waals surface area contributed by atoms with Crippen molar-refractivity contribution in [1.29, 1.82) is 0 Å². The van der Waals surface area contributed by atoms with Gasteiger partial charge < -0.3 is 10.5 Å². The van der Waals surface area contributed by atoms with Gasteiger partial charge in [-0.3, -0.25) is 0 Å². The molecule has 2 N–H and O–H groups in total. The second-order valence-corrected chi connectivity index (χ2v) is 7.02. The molecule has 1 fully saturated rings. The highest BCUT2D eigenvalue weighted by molar-refractivity contribution is 7.15. The van der Waals surface area contributed by atoms with Gasteiger partial charge in [0.1, 0.15) is 4.88 Å². The van der Waals surface area contributed by atoms with Crippen molar-refractivity contribution in [3.8, 4) is 0 Å². The highest BCUT2D eigenvalue weighted by atomic mass is 32.1. The molecule has 1 aromatic rings. The third-order valence-corrected chi connectivity index (χ3v) is 5.69. The molecule has 0 bridgehead atoms. The molecular formula is C15H23NO2S. The summed E-state index contributed by atoms with van der Waals surface area (Å²) >= 11 is 1.54. The van der Waals surface area contributed by atoms with Crippen LogP contribution in [-0.4, -0.2) is 13.1 Å². The fourth-order valence-electron chi connectivity index (χ4n) is 3.10. The molecule has 2 rings (SSSR count). The molecule has 1 aromatic heterocycles. The number of hydrogen-bond acceptors (Lipinski definition) is 4. The predicted octanol–water partition coefficient (Wildman–Crippen LogP) is 4.07. The van der Waals surface area contributed by atoms with E-state index in [4.69, 9.17) is 10.5 Å². The summed E-state index contributed by atoms with van der Waals surface area (Å²) in [7, 11) is 1.41. The van der Waals surface area contributed by atoms with Crippen molar-refractivity contribution in [1.82, 2.24) is 0 Å². The van der Waals surface area contributed by atoms with Crippen LogP contribution in [0.3, 0.4) is 0 Å². The maximum Gasteiger partial charge on any atom is 0.350 e. The summed E-state index contributed by atoms with van der Waals surface area (Å²) in [5, 5.41) is 0. The van der Waals surface area contributed by atoms with E-state index in [2.05, 4.69) is 20.8 Å².